The van der Waals surface area contributed by atoms with Gasteiger partial charge in [0.25, 0.3) is 0 Å². The molecule has 1 aromatic heterocycles. The van der Waals surface area contributed by atoms with Crippen molar-refractivity contribution in [3.8, 4) is 5.69 Å². The molecular weight excluding hydrogens is 166 g/mol. The van der Waals surface area contributed by atoms with E-state index in [1.165, 1.54) is 6.33 Å². The zero-order valence-corrected chi connectivity index (χ0v) is 7.00. The molecular formula is C9H9N3O. The zero-order valence-electron chi connectivity index (χ0n) is 7.00. The van der Waals surface area contributed by atoms with Crippen LogP contribution in [0.2, 0.25) is 0 Å². The van der Waals surface area contributed by atoms with E-state index in [0.29, 0.717) is 0 Å². The van der Waals surface area contributed by atoms with Crippen LogP contribution in [0.4, 0.5) is 0 Å². The Hall–Kier alpha value is -1.97. The predicted molar refractivity (Wildman–Crippen MR) is 48.5 cm³/mol. The van der Waals surface area contributed by atoms with E-state index in [9.17, 15) is 0 Å². The van der Waals surface area contributed by atoms with Gasteiger partial charge in [-0.3, -0.25) is 0 Å². The van der Waals surface area contributed by atoms with Crippen LogP contribution in [0.5, 0.6) is 0 Å². The molecule has 4 heteroatoms. The summed E-state index contributed by atoms with van der Waals surface area (Å²) in [6, 6.07) is 9.87. The van der Waals surface area contributed by atoms with Crippen LogP contribution in [0, 0.1) is 0 Å². The molecule has 0 amide bonds. The molecule has 0 aliphatic carbocycles. The lowest BCUT2D eigenvalue weighted by Gasteiger charge is -1.96. The van der Waals surface area contributed by atoms with Crippen molar-refractivity contribution in [2.45, 2.75) is 0 Å². The number of aromatic nitrogens is 3. The molecule has 0 aliphatic heterocycles. The van der Waals surface area contributed by atoms with E-state index in [-0.39, 0.29) is 0 Å². The van der Waals surface area contributed by atoms with E-state index in [1.54, 1.807) is 11.0 Å². The number of carbonyl (C=O) groups excluding carboxylic acids is 1. The van der Waals surface area contributed by atoms with Gasteiger partial charge in [0.1, 0.15) is 19.4 Å². The molecule has 0 spiro atoms. The highest BCUT2D eigenvalue weighted by molar-refractivity contribution is 5.28. The summed E-state index contributed by atoms with van der Waals surface area (Å²) in [7, 11) is 0. The fraction of sp³-hybridized carbons (Fsp3) is 0. The standard InChI is InChI=1S/C8H7N3.CH2O/c1-2-4-8(5-3-1)11-7-9-6-10-11;1-2/h1-7H;1H2. The Morgan fingerprint density at radius 1 is 1.15 bits per heavy atom. The zero-order chi connectivity index (χ0) is 9.52. The van der Waals surface area contributed by atoms with Gasteiger partial charge < -0.3 is 4.79 Å². The highest BCUT2D eigenvalue weighted by atomic mass is 16.1. The highest BCUT2D eigenvalue weighted by Gasteiger charge is 1.91. The molecule has 13 heavy (non-hydrogen) atoms. The molecule has 0 radical (unpaired) electrons. The van der Waals surface area contributed by atoms with Crippen LogP contribution in [0.15, 0.2) is 43.0 Å². The molecule has 2 rings (SSSR count). The van der Waals surface area contributed by atoms with Crippen LogP contribution in [0.3, 0.4) is 0 Å². The van der Waals surface area contributed by atoms with Crippen molar-refractivity contribution in [1.29, 1.82) is 0 Å². The fourth-order valence-electron chi connectivity index (χ4n) is 0.922. The number of benzene rings is 1. The maximum atomic E-state index is 8.00. The van der Waals surface area contributed by atoms with E-state index >= 15 is 0 Å². The summed E-state index contributed by atoms with van der Waals surface area (Å²) in [6.07, 6.45) is 3.20. The van der Waals surface area contributed by atoms with Gasteiger partial charge in [-0.2, -0.15) is 5.10 Å². The SMILES string of the molecule is C=O.c1ccc(-n2cncn2)cc1. The third kappa shape index (κ3) is 2.23. The van der Waals surface area contributed by atoms with Crippen LogP contribution in [-0.4, -0.2) is 21.6 Å². The monoisotopic (exact) mass is 175 g/mol. The van der Waals surface area contributed by atoms with Crippen LogP contribution < -0.4 is 0 Å². The van der Waals surface area contributed by atoms with Gasteiger partial charge in [0.15, 0.2) is 0 Å². The third-order valence-corrected chi connectivity index (χ3v) is 1.44. The second-order valence-corrected chi connectivity index (χ2v) is 2.18. The smallest absolute Gasteiger partial charge is 0.138 e. The summed E-state index contributed by atoms with van der Waals surface area (Å²) in [5.74, 6) is 0. The first kappa shape index (κ1) is 9.12. The Balaban J connectivity index is 0.000000396. The Labute approximate surface area is 75.8 Å². The molecule has 66 valence electrons. The first-order chi connectivity index (χ1) is 6.47. The van der Waals surface area contributed by atoms with Crippen LogP contribution in [-0.2, 0) is 4.79 Å². The van der Waals surface area contributed by atoms with Gasteiger partial charge >= 0.3 is 0 Å². The lowest BCUT2D eigenvalue weighted by Crippen LogP contribution is -1.92. The van der Waals surface area contributed by atoms with Crippen molar-refractivity contribution in [2.24, 2.45) is 0 Å². The number of carbonyl (C=O) groups is 1. The number of hydrogen-bond acceptors (Lipinski definition) is 3. The highest BCUT2D eigenvalue weighted by Crippen LogP contribution is 2.02. The van der Waals surface area contributed by atoms with Crippen molar-refractivity contribution in [2.75, 3.05) is 0 Å². The molecule has 2 aromatic rings. The Kier molecular flexibility index (Phi) is 3.38. The summed E-state index contributed by atoms with van der Waals surface area (Å²) in [5.41, 5.74) is 1.03. The van der Waals surface area contributed by atoms with Gasteiger partial charge in [0, 0.05) is 0 Å². The normalized spacial score (nSPS) is 8.62. The second-order valence-electron chi connectivity index (χ2n) is 2.18. The molecule has 0 saturated carbocycles. The van der Waals surface area contributed by atoms with Crippen LogP contribution in [0.25, 0.3) is 5.69 Å². The van der Waals surface area contributed by atoms with Gasteiger partial charge in [0.05, 0.1) is 5.69 Å². The average molecular weight is 175 g/mol. The van der Waals surface area contributed by atoms with Crippen LogP contribution in [0.1, 0.15) is 0 Å². The first-order valence-electron chi connectivity index (χ1n) is 3.66. The topological polar surface area (TPSA) is 47.8 Å². The second kappa shape index (κ2) is 4.82. The van der Waals surface area contributed by atoms with E-state index in [0.717, 1.165) is 5.69 Å². The molecule has 0 atom stereocenters. The first-order valence-corrected chi connectivity index (χ1v) is 3.66. The molecule has 4 nitrogen and oxygen atoms in total. The summed E-state index contributed by atoms with van der Waals surface area (Å²) in [4.78, 5) is 11.9. The molecule has 0 bridgehead atoms. The molecule has 0 saturated heterocycles. The van der Waals surface area contributed by atoms with Crippen molar-refractivity contribution in [3.63, 3.8) is 0 Å². The van der Waals surface area contributed by atoms with Gasteiger partial charge in [-0.05, 0) is 12.1 Å². The van der Waals surface area contributed by atoms with Gasteiger partial charge in [-0.25, -0.2) is 9.67 Å². The Morgan fingerprint density at radius 2 is 1.85 bits per heavy atom. The van der Waals surface area contributed by atoms with Crippen molar-refractivity contribution in [3.05, 3.63) is 43.0 Å². The Bertz CT molecular complexity index is 331. The largest absolute Gasteiger partial charge is 0.307 e. The van der Waals surface area contributed by atoms with Crippen molar-refractivity contribution >= 4 is 6.79 Å². The van der Waals surface area contributed by atoms with E-state index in [4.69, 9.17) is 4.79 Å². The summed E-state index contributed by atoms with van der Waals surface area (Å²) < 4.78 is 1.72. The maximum absolute atomic E-state index is 8.00. The minimum absolute atomic E-state index is 1.03. The summed E-state index contributed by atoms with van der Waals surface area (Å²) >= 11 is 0. The van der Waals surface area contributed by atoms with E-state index < -0.39 is 0 Å². The number of hydrogen-bond donors (Lipinski definition) is 0. The van der Waals surface area contributed by atoms with Crippen LogP contribution >= 0.6 is 0 Å². The molecule has 0 N–H and O–H groups in total. The van der Waals surface area contributed by atoms with Gasteiger partial charge in [0.2, 0.25) is 0 Å². The lowest BCUT2D eigenvalue weighted by atomic mass is 10.3. The minimum atomic E-state index is 1.03. The lowest BCUT2D eigenvalue weighted by molar-refractivity contribution is -0.0979. The molecule has 0 fully saturated rings. The van der Waals surface area contributed by atoms with Gasteiger partial charge in [-0.15, -0.1) is 0 Å². The number of nitrogens with zero attached hydrogens (tertiary/aromatic N) is 3. The summed E-state index contributed by atoms with van der Waals surface area (Å²) in [6.45, 7) is 2.00. The molecule has 0 aliphatic rings. The fourth-order valence-corrected chi connectivity index (χ4v) is 0.922. The van der Waals surface area contributed by atoms with Crippen molar-refractivity contribution < 1.29 is 4.79 Å². The van der Waals surface area contributed by atoms with Gasteiger partial charge in [-0.1, -0.05) is 18.2 Å². The van der Waals surface area contributed by atoms with Crippen molar-refractivity contribution in [1.82, 2.24) is 14.8 Å². The average Bonchev–Trinajstić information content (AvgIpc) is 2.75. The maximum Gasteiger partial charge on any atom is 0.138 e. The quantitative estimate of drug-likeness (QED) is 0.651. The Morgan fingerprint density at radius 3 is 2.38 bits per heavy atom. The number of rotatable bonds is 1. The van der Waals surface area contributed by atoms with E-state index in [2.05, 4.69) is 10.1 Å². The molecule has 1 aromatic carbocycles. The third-order valence-electron chi connectivity index (χ3n) is 1.44. The minimum Gasteiger partial charge on any atom is -0.307 e. The molecule has 1 heterocycles. The summed E-state index contributed by atoms with van der Waals surface area (Å²) in [5, 5.41) is 3.99. The predicted octanol–water partition coefficient (Wildman–Crippen LogP) is 1.08. The molecule has 0 unspecified atom stereocenters. The number of para-hydroxylation sites is 1. The van der Waals surface area contributed by atoms with E-state index in [1.807, 2.05) is 37.1 Å².